The maximum Gasteiger partial charge on any atom is 0.272 e. The molecular formula is C15H14Cl2N6O3S. The summed E-state index contributed by atoms with van der Waals surface area (Å²) in [7, 11) is 3.38. The van der Waals surface area contributed by atoms with Crippen LogP contribution < -0.4 is 10.6 Å². The molecule has 0 unspecified atom stereocenters. The third-order valence-corrected chi connectivity index (χ3v) is 4.44. The van der Waals surface area contributed by atoms with Gasteiger partial charge in [-0.3, -0.25) is 15.0 Å². The molecule has 1 fully saturated rings. The van der Waals surface area contributed by atoms with Gasteiger partial charge in [0.05, 0.1) is 4.91 Å². The summed E-state index contributed by atoms with van der Waals surface area (Å²) in [6.45, 7) is 0. The molecule has 12 heteroatoms. The largest absolute Gasteiger partial charge is 0.378 e. The second kappa shape index (κ2) is 8.89. The lowest BCUT2D eigenvalue weighted by Gasteiger charge is -2.09. The Morgan fingerprint density at radius 1 is 1.33 bits per heavy atom. The van der Waals surface area contributed by atoms with Gasteiger partial charge >= 0.3 is 0 Å². The predicted molar refractivity (Wildman–Crippen MR) is 106 cm³/mol. The van der Waals surface area contributed by atoms with Gasteiger partial charge in [-0.05, 0) is 45.8 Å². The van der Waals surface area contributed by atoms with Gasteiger partial charge in [-0.25, -0.2) is 9.53 Å². The molecule has 2 aromatic rings. The number of hydrogen-bond acceptors (Lipinski definition) is 8. The summed E-state index contributed by atoms with van der Waals surface area (Å²) in [5, 5.41) is 15.7. The molecule has 9 nitrogen and oxygen atoms in total. The number of anilines is 2. The third kappa shape index (κ3) is 5.00. The zero-order valence-electron chi connectivity index (χ0n) is 14.1. The Kier molecular flexibility index (Phi) is 6.83. The molecule has 27 heavy (non-hydrogen) atoms. The maximum atomic E-state index is 12.4. The number of hydrogen-bond donors (Lipinski definition) is 2. The summed E-state index contributed by atoms with van der Waals surface area (Å²) in [4.78, 5) is 24.6. The Bertz CT molecular complexity index is 915. The second-order valence-corrected chi connectivity index (χ2v) is 7.14. The van der Waals surface area contributed by atoms with Crippen molar-refractivity contribution in [1.82, 2.24) is 15.2 Å². The molecule has 1 aliphatic rings. The average molecular weight is 429 g/mol. The first-order chi connectivity index (χ1) is 12.7. The Morgan fingerprint density at radius 2 is 2.00 bits per heavy atom. The van der Waals surface area contributed by atoms with E-state index in [0.717, 1.165) is 23.1 Å². The molecule has 3 N–H and O–H groups in total. The minimum atomic E-state index is -0.455. The predicted octanol–water partition coefficient (Wildman–Crippen LogP) is 2.72. The number of carbonyl (C=O) groups is 2. The molecule has 1 saturated heterocycles. The van der Waals surface area contributed by atoms with Gasteiger partial charge in [-0.15, -0.1) is 0 Å². The van der Waals surface area contributed by atoms with Crippen molar-refractivity contribution in [2.24, 2.45) is 0 Å². The highest BCUT2D eigenvalue weighted by molar-refractivity contribution is 8.19. The van der Waals surface area contributed by atoms with E-state index < -0.39 is 5.91 Å². The highest BCUT2D eigenvalue weighted by atomic mass is 35.5. The number of nitrogens with two attached hydrogens (primary N) is 1. The van der Waals surface area contributed by atoms with E-state index in [9.17, 15) is 9.59 Å². The number of amidine groups is 1. The molecule has 2 amide bonds. The van der Waals surface area contributed by atoms with E-state index in [1.807, 2.05) is 0 Å². The quantitative estimate of drug-likeness (QED) is 0.567. The van der Waals surface area contributed by atoms with E-state index >= 15 is 0 Å². The molecule has 0 radical (unpaired) electrons. The first kappa shape index (κ1) is 20.7. The monoisotopic (exact) mass is 428 g/mol. The smallest absolute Gasteiger partial charge is 0.272 e. The van der Waals surface area contributed by atoms with E-state index in [0.29, 0.717) is 20.5 Å². The number of carbonyl (C=O) groups excluding carboxylic acids is 2. The van der Waals surface area contributed by atoms with Crippen LogP contribution in [0.5, 0.6) is 0 Å². The van der Waals surface area contributed by atoms with E-state index in [1.54, 1.807) is 38.4 Å². The van der Waals surface area contributed by atoms with Crippen molar-refractivity contribution < 1.29 is 14.2 Å². The highest BCUT2D eigenvalue weighted by Gasteiger charge is 2.37. The summed E-state index contributed by atoms with van der Waals surface area (Å²) in [6.07, 6.45) is 2.32. The van der Waals surface area contributed by atoms with Crippen molar-refractivity contribution in [3.8, 4) is 0 Å². The number of nitrogens with one attached hydrogen (secondary N) is 1. The fourth-order valence-electron chi connectivity index (χ4n) is 1.79. The topological polar surface area (TPSA) is 129 Å². The first-order valence-electron chi connectivity index (χ1n) is 7.22. The molecule has 0 atom stereocenters. The molecule has 142 valence electrons. The zero-order valence-corrected chi connectivity index (χ0v) is 16.5. The summed E-state index contributed by atoms with van der Waals surface area (Å²) < 4.78 is 4.46. The SMILES string of the molecule is CN(C)C=O.N=C1S/C(=C\c2ccc(Cl)cc2Cl)C(=O)N1c1nonc1N. The summed E-state index contributed by atoms with van der Waals surface area (Å²) in [5.41, 5.74) is 6.17. The standard InChI is InChI=1S/C12H7Cl2N5O2S.C3H7NO/c13-6-2-1-5(7(14)4-6)3-8-11(20)19(12(16)22-8)10-9(15)17-21-18-10;1-4(2)3-5/h1-4,16H,(H2,15,17);3H,1-2H3/b8-3-,16-12?;. The molecule has 1 aromatic carbocycles. The number of benzene rings is 1. The van der Waals surface area contributed by atoms with Gasteiger partial charge < -0.3 is 10.6 Å². The number of rotatable bonds is 3. The molecule has 1 aromatic heterocycles. The molecule has 0 spiro atoms. The number of nitrogen functional groups attached to an aromatic ring is 1. The van der Waals surface area contributed by atoms with E-state index in [4.69, 9.17) is 34.3 Å². The average Bonchev–Trinajstić information content (AvgIpc) is 3.13. The Balaban J connectivity index is 0.000000465. The Hall–Kier alpha value is -2.56. The van der Waals surface area contributed by atoms with E-state index in [-0.39, 0.29) is 16.8 Å². The number of amides is 2. The van der Waals surface area contributed by atoms with Gasteiger partial charge in [0.15, 0.2) is 5.17 Å². The fourth-order valence-corrected chi connectivity index (χ4v) is 3.08. The lowest BCUT2D eigenvalue weighted by Crippen LogP contribution is -2.29. The van der Waals surface area contributed by atoms with Crippen molar-refractivity contribution in [3.63, 3.8) is 0 Å². The second-order valence-electron chi connectivity index (χ2n) is 5.26. The zero-order chi connectivity index (χ0) is 20.1. The fraction of sp³-hybridized carbons (Fsp3) is 0.133. The molecule has 0 bridgehead atoms. The van der Waals surface area contributed by atoms with Crippen LogP contribution in [0.3, 0.4) is 0 Å². The van der Waals surface area contributed by atoms with Crippen LogP contribution >= 0.6 is 35.0 Å². The van der Waals surface area contributed by atoms with Crippen LogP contribution in [-0.4, -0.2) is 46.8 Å². The van der Waals surface area contributed by atoms with Gasteiger partial charge in [0, 0.05) is 24.1 Å². The molecule has 0 saturated carbocycles. The van der Waals surface area contributed by atoms with Crippen molar-refractivity contribution in [1.29, 1.82) is 5.41 Å². The first-order valence-corrected chi connectivity index (χ1v) is 8.79. The molecular weight excluding hydrogens is 415 g/mol. The van der Waals surface area contributed by atoms with Gasteiger partial charge in [0.25, 0.3) is 5.91 Å². The van der Waals surface area contributed by atoms with Crippen LogP contribution in [0.2, 0.25) is 10.0 Å². The van der Waals surface area contributed by atoms with Gasteiger partial charge in [-0.2, -0.15) is 0 Å². The van der Waals surface area contributed by atoms with Crippen molar-refractivity contribution in [3.05, 3.63) is 38.7 Å². The number of nitrogens with zero attached hydrogens (tertiary/aromatic N) is 4. The van der Waals surface area contributed by atoms with Gasteiger partial charge in [-0.1, -0.05) is 29.3 Å². The molecule has 0 aliphatic carbocycles. The lowest BCUT2D eigenvalue weighted by molar-refractivity contribution is -0.116. The van der Waals surface area contributed by atoms with Crippen LogP contribution in [0.15, 0.2) is 27.7 Å². The van der Waals surface area contributed by atoms with Crippen LogP contribution in [0.4, 0.5) is 11.6 Å². The van der Waals surface area contributed by atoms with E-state index in [2.05, 4.69) is 14.9 Å². The number of aromatic nitrogens is 2. The minimum Gasteiger partial charge on any atom is -0.378 e. The normalized spacial score (nSPS) is 15.0. The third-order valence-electron chi connectivity index (χ3n) is 2.99. The van der Waals surface area contributed by atoms with Crippen molar-refractivity contribution >= 4 is 70.2 Å². The van der Waals surface area contributed by atoms with Crippen LogP contribution in [0.25, 0.3) is 6.08 Å². The number of halogens is 2. The lowest BCUT2D eigenvalue weighted by atomic mass is 10.2. The summed E-state index contributed by atoms with van der Waals surface area (Å²) >= 11 is 12.9. The minimum absolute atomic E-state index is 0.00639. The van der Waals surface area contributed by atoms with Gasteiger partial charge in [0.1, 0.15) is 0 Å². The Labute approximate surface area is 168 Å². The van der Waals surface area contributed by atoms with Crippen LogP contribution in [0, 0.1) is 5.41 Å². The Morgan fingerprint density at radius 3 is 2.52 bits per heavy atom. The van der Waals surface area contributed by atoms with Crippen LogP contribution in [0.1, 0.15) is 5.56 Å². The molecule has 3 rings (SSSR count). The molecule has 2 heterocycles. The highest BCUT2D eigenvalue weighted by Crippen LogP contribution is 2.37. The van der Waals surface area contributed by atoms with E-state index in [1.165, 1.54) is 4.90 Å². The van der Waals surface area contributed by atoms with Gasteiger partial charge in [0.2, 0.25) is 18.0 Å². The van der Waals surface area contributed by atoms with Crippen molar-refractivity contribution in [2.75, 3.05) is 24.7 Å². The summed E-state index contributed by atoms with van der Waals surface area (Å²) in [6, 6.07) is 4.92. The summed E-state index contributed by atoms with van der Waals surface area (Å²) in [5.74, 6) is -0.527. The maximum absolute atomic E-state index is 12.4. The van der Waals surface area contributed by atoms with Crippen LogP contribution in [-0.2, 0) is 9.59 Å². The number of thioether (sulfide) groups is 1. The molecule has 1 aliphatic heterocycles. The van der Waals surface area contributed by atoms with Crippen molar-refractivity contribution in [2.45, 2.75) is 0 Å².